The summed E-state index contributed by atoms with van der Waals surface area (Å²) in [6.07, 6.45) is 7.68. The lowest BCUT2D eigenvalue weighted by Crippen LogP contribution is -2.28. The maximum atomic E-state index is 11.4. The molecule has 4 saturated carbocycles. The number of hydrogen-bond acceptors (Lipinski definition) is 4. The normalized spacial score (nSPS) is 44.8. The van der Waals surface area contributed by atoms with Crippen LogP contribution in [0.25, 0.3) is 0 Å². The van der Waals surface area contributed by atoms with Crippen molar-refractivity contribution in [2.24, 2.45) is 47.3 Å². The number of methoxy groups -OCH3 is 2. The monoisotopic (exact) mass is 336 g/mol. The fourth-order valence-electron chi connectivity index (χ4n) is 6.24. The minimum Gasteiger partial charge on any atom is -0.469 e. The summed E-state index contributed by atoms with van der Waals surface area (Å²) in [4.78, 5) is 22.8. The molecule has 4 aliphatic rings. The Morgan fingerprint density at radius 3 is 1.25 bits per heavy atom. The van der Waals surface area contributed by atoms with Crippen LogP contribution in [0.1, 0.15) is 52.4 Å². The molecule has 0 saturated heterocycles. The highest BCUT2D eigenvalue weighted by Gasteiger charge is 2.49. The van der Waals surface area contributed by atoms with E-state index in [4.69, 9.17) is 9.47 Å². The zero-order valence-electron chi connectivity index (χ0n) is 15.5. The van der Waals surface area contributed by atoms with Gasteiger partial charge in [-0.25, -0.2) is 0 Å². The van der Waals surface area contributed by atoms with E-state index in [1.54, 1.807) is 0 Å². The Morgan fingerprint density at radius 1 is 0.667 bits per heavy atom. The number of hydrogen-bond donors (Lipinski definition) is 0. The van der Waals surface area contributed by atoms with Gasteiger partial charge in [0.25, 0.3) is 0 Å². The number of rotatable bonds is 2. The molecule has 4 nitrogen and oxygen atoms in total. The first kappa shape index (κ1) is 17.8. The molecule has 8 atom stereocenters. The molecule has 0 N–H and O–H groups in total. The number of ether oxygens (including phenoxy) is 2. The highest BCUT2D eigenvalue weighted by molar-refractivity contribution is 5.74. The third-order valence-corrected chi connectivity index (χ3v) is 7.61. The van der Waals surface area contributed by atoms with Crippen LogP contribution in [0.5, 0.6) is 0 Å². The summed E-state index contributed by atoms with van der Waals surface area (Å²) in [5.41, 5.74) is 0. The average molecular weight is 336 g/mol. The van der Waals surface area contributed by atoms with Gasteiger partial charge in [0.05, 0.1) is 26.1 Å². The zero-order chi connectivity index (χ0) is 17.4. The van der Waals surface area contributed by atoms with Gasteiger partial charge in [-0.2, -0.15) is 0 Å². The van der Waals surface area contributed by atoms with Crippen molar-refractivity contribution < 1.29 is 19.1 Å². The summed E-state index contributed by atoms with van der Waals surface area (Å²) in [5.74, 6) is 4.49. The van der Waals surface area contributed by atoms with Gasteiger partial charge in [0.1, 0.15) is 0 Å². The van der Waals surface area contributed by atoms with E-state index in [0.29, 0.717) is 23.7 Å². The van der Waals surface area contributed by atoms with E-state index in [1.165, 1.54) is 52.7 Å². The lowest BCUT2D eigenvalue weighted by Gasteiger charge is -2.25. The van der Waals surface area contributed by atoms with Crippen LogP contribution in [0.4, 0.5) is 0 Å². The van der Waals surface area contributed by atoms with Crippen molar-refractivity contribution in [3.8, 4) is 0 Å². The van der Waals surface area contributed by atoms with Crippen LogP contribution >= 0.6 is 0 Å². The van der Waals surface area contributed by atoms with Gasteiger partial charge in [0.2, 0.25) is 0 Å². The number of carbonyl (C=O) groups is 2. The molecule has 4 heteroatoms. The predicted octanol–water partition coefficient (Wildman–Crippen LogP) is 3.68. The van der Waals surface area contributed by atoms with Gasteiger partial charge in [0.15, 0.2) is 0 Å². The fourth-order valence-corrected chi connectivity index (χ4v) is 6.24. The minimum absolute atomic E-state index is 0.0229. The van der Waals surface area contributed by atoms with E-state index in [2.05, 4.69) is 13.8 Å². The summed E-state index contributed by atoms with van der Waals surface area (Å²) >= 11 is 0. The molecule has 0 spiro atoms. The molecule has 24 heavy (non-hydrogen) atoms. The third-order valence-electron chi connectivity index (χ3n) is 7.61. The summed E-state index contributed by atoms with van der Waals surface area (Å²) in [6.45, 7) is 4.40. The first-order valence-corrected chi connectivity index (χ1v) is 9.63. The lowest BCUT2D eigenvalue weighted by molar-refractivity contribution is -0.149. The van der Waals surface area contributed by atoms with E-state index in [0.717, 1.165) is 11.8 Å². The summed E-state index contributed by atoms with van der Waals surface area (Å²) in [5, 5.41) is 0. The van der Waals surface area contributed by atoms with Crippen LogP contribution in [0, 0.1) is 47.3 Å². The second-order valence-corrected chi connectivity index (χ2v) is 8.48. The molecular formula is C20H32O4. The number of carbonyl (C=O) groups excluding carboxylic acids is 2. The van der Waals surface area contributed by atoms with E-state index in [1.807, 2.05) is 0 Å². The highest BCUT2D eigenvalue weighted by atomic mass is 16.5. The predicted molar refractivity (Wildman–Crippen MR) is 91.0 cm³/mol. The molecular weight excluding hydrogens is 304 g/mol. The molecule has 4 rings (SSSR count). The second kappa shape index (κ2) is 7.05. The first-order chi connectivity index (χ1) is 11.5. The Balaban J connectivity index is 0.000000141. The van der Waals surface area contributed by atoms with Crippen LogP contribution in [0.3, 0.4) is 0 Å². The average Bonchev–Trinajstić information content (AvgIpc) is 3.34. The summed E-state index contributed by atoms with van der Waals surface area (Å²) in [6, 6.07) is 0. The van der Waals surface area contributed by atoms with Crippen LogP contribution in [-0.2, 0) is 19.1 Å². The van der Waals surface area contributed by atoms with Crippen molar-refractivity contribution in [1.82, 2.24) is 0 Å². The Bertz CT molecular complexity index is 440. The number of fused-ring (bicyclic) bond motifs is 4. The van der Waals surface area contributed by atoms with Crippen molar-refractivity contribution in [3.05, 3.63) is 0 Å². The van der Waals surface area contributed by atoms with Gasteiger partial charge in [-0.15, -0.1) is 0 Å². The summed E-state index contributed by atoms with van der Waals surface area (Å²) < 4.78 is 9.64. The largest absolute Gasteiger partial charge is 0.469 e. The first-order valence-electron chi connectivity index (χ1n) is 9.63. The summed E-state index contributed by atoms with van der Waals surface area (Å²) in [7, 11) is 3.00. The second-order valence-electron chi connectivity index (χ2n) is 8.48. The topological polar surface area (TPSA) is 52.6 Å². The molecule has 4 fully saturated rings. The third kappa shape index (κ3) is 2.97. The van der Waals surface area contributed by atoms with Crippen LogP contribution in [0.2, 0.25) is 0 Å². The molecule has 0 radical (unpaired) electrons. The van der Waals surface area contributed by atoms with Crippen molar-refractivity contribution >= 4 is 11.9 Å². The van der Waals surface area contributed by atoms with Crippen molar-refractivity contribution in [3.63, 3.8) is 0 Å². The van der Waals surface area contributed by atoms with E-state index < -0.39 is 0 Å². The van der Waals surface area contributed by atoms with Crippen LogP contribution in [-0.4, -0.2) is 26.2 Å². The molecule has 0 aromatic heterocycles. The Kier molecular flexibility index (Phi) is 5.22. The van der Waals surface area contributed by atoms with Crippen LogP contribution < -0.4 is 0 Å². The van der Waals surface area contributed by atoms with Crippen molar-refractivity contribution in [2.45, 2.75) is 52.4 Å². The number of esters is 2. The van der Waals surface area contributed by atoms with Gasteiger partial charge in [-0.05, 0) is 74.0 Å². The van der Waals surface area contributed by atoms with Gasteiger partial charge in [-0.3, -0.25) is 9.59 Å². The molecule has 0 aliphatic heterocycles. The molecule has 0 heterocycles. The highest BCUT2D eigenvalue weighted by Crippen LogP contribution is 2.53. The minimum atomic E-state index is 0.0229. The SMILES string of the molecule is COC(=O)C1C2CCC(C2)C1C.COC(=O)C1C2CCC(C2)C1C. The fraction of sp³-hybridized carbons (Fsp3) is 0.900. The Morgan fingerprint density at radius 2 is 1.00 bits per heavy atom. The standard InChI is InChI=1S/2C10H16O2/c2*1-6-7-3-4-8(5-7)9(6)10(11)12-2/h2*6-9H,3-5H2,1-2H3. The van der Waals surface area contributed by atoms with Gasteiger partial charge < -0.3 is 9.47 Å². The quantitative estimate of drug-likeness (QED) is 0.722. The van der Waals surface area contributed by atoms with Gasteiger partial charge in [0, 0.05) is 0 Å². The van der Waals surface area contributed by atoms with E-state index in [-0.39, 0.29) is 23.8 Å². The van der Waals surface area contributed by atoms with Gasteiger partial charge in [-0.1, -0.05) is 13.8 Å². The Labute approximate surface area is 145 Å². The molecule has 4 bridgehead atoms. The molecule has 4 aliphatic carbocycles. The van der Waals surface area contributed by atoms with Gasteiger partial charge >= 0.3 is 11.9 Å². The lowest BCUT2D eigenvalue weighted by atomic mass is 9.80. The van der Waals surface area contributed by atoms with Crippen molar-refractivity contribution in [1.29, 1.82) is 0 Å². The smallest absolute Gasteiger partial charge is 0.309 e. The zero-order valence-corrected chi connectivity index (χ0v) is 15.5. The molecule has 0 aromatic carbocycles. The van der Waals surface area contributed by atoms with E-state index >= 15 is 0 Å². The molecule has 8 unspecified atom stereocenters. The molecule has 0 aromatic rings. The Hall–Kier alpha value is -1.06. The van der Waals surface area contributed by atoms with E-state index in [9.17, 15) is 9.59 Å². The molecule has 0 amide bonds. The molecule has 136 valence electrons. The van der Waals surface area contributed by atoms with Crippen LogP contribution in [0.15, 0.2) is 0 Å². The maximum Gasteiger partial charge on any atom is 0.309 e. The van der Waals surface area contributed by atoms with Crippen molar-refractivity contribution in [2.75, 3.05) is 14.2 Å². The maximum absolute atomic E-state index is 11.4.